The van der Waals surface area contributed by atoms with Gasteiger partial charge in [0.25, 0.3) is 5.91 Å². The van der Waals surface area contributed by atoms with Crippen LogP contribution in [0.5, 0.6) is 0 Å². The third-order valence-corrected chi connectivity index (χ3v) is 3.53. The molecule has 0 aliphatic carbocycles. The lowest BCUT2D eigenvalue weighted by atomic mass is 10.2. The molecule has 118 valence electrons. The van der Waals surface area contributed by atoms with Crippen molar-refractivity contribution >= 4 is 16.9 Å². The predicted molar refractivity (Wildman–Crippen MR) is 72.4 cm³/mol. The van der Waals surface area contributed by atoms with Gasteiger partial charge in [0.1, 0.15) is 0 Å². The standard InChI is InChI=1S/C14H14F3N3O2/c15-14(16,17)13-19-10-4-3-8(6-11(10)20-13)12(21)18-7-9-2-1-5-22-9/h3-4,6,9H,1-2,5,7H2,(H,18,21)(H,19,20)/t9-/m1/s1. The zero-order valence-corrected chi connectivity index (χ0v) is 11.5. The summed E-state index contributed by atoms with van der Waals surface area (Å²) in [7, 11) is 0. The van der Waals surface area contributed by atoms with Gasteiger partial charge in [-0.25, -0.2) is 4.98 Å². The quantitative estimate of drug-likeness (QED) is 0.915. The lowest BCUT2D eigenvalue weighted by Crippen LogP contribution is -2.31. The summed E-state index contributed by atoms with van der Waals surface area (Å²) in [6, 6.07) is 4.21. The van der Waals surface area contributed by atoms with Crippen molar-refractivity contribution in [2.75, 3.05) is 13.2 Å². The average Bonchev–Trinajstić information content (AvgIpc) is 3.12. The molecule has 1 aliphatic heterocycles. The van der Waals surface area contributed by atoms with Crippen molar-refractivity contribution in [2.45, 2.75) is 25.1 Å². The molecule has 1 saturated heterocycles. The van der Waals surface area contributed by atoms with Crippen LogP contribution in [0.2, 0.25) is 0 Å². The number of fused-ring (bicyclic) bond motifs is 1. The number of amides is 1. The van der Waals surface area contributed by atoms with Crippen molar-refractivity contribution in [3.63, 3.8) is 0 Å². The van der Waals surface area contributed by atoms with Crippen molar-refractivity contribution in [2.24, 2.45) is 0 Å². The summed E-state index contributed by atoms with van der Waals surface area (Å²) in [5, 5.41) is 2.72. The maximum absolute atomic E-state index is 12.6. The number of halogens is 3. The lowest BCUT2D eigenvalue weighted by Gasteiger charge is -2.10. The van der Waals surface area contributed by atoms with Crippen LogP contribution >= 0.6 is 0 Å². The zero-order chi connectivity index (χ0) is 15.7. The summed E-state index contributed by atoms with van der Waals surface area (Å²) in [5.41, 5.74) is 0.628. The highest BCUT2D eigenvalue weighted by Crippen LogP contribution is 2.28. The van der Waals surface area contributed by atoms with E-state index in [1.54, 1.807) is 0 Å². The number of aromatic amines is 1. The largest absolute Gasteiger partial charge is 0.449 e. The summed E-state index contributed by atoms with van der Waals surface area (Å²) < 4.78 is 43.2. The van der Waals surface area contributed by atoms with Gasteiger partial charge in [-0.15, -0.1) is 0 Å². The number of H-pyrrole nitrogens is 1. The first-order chi connectivity index (χ1) is 10.4. The normalized spacial score (nSPS) is 18.8. The molecule has 2 heterocycles. The number of hydrogen-bond donors (Lipinski definition) is 2. The molecule has 2 aromatic rings. The van der Waals surface area contributed by atoms with E-state index in [9.17, 15) is 18.0 Å². The van der Waals surface area contributed by atoms with Gasteiger partial charge in [0.05, 0.1) is 17.1 Å². The van der Waals surface area contributed by atoms with E-state index in [0.29, 0.717) is 13.2 Å². The fourth-order valence-corrected chi connectivity index (χ4v) is 2.40. The highest BCUT2D eigenvalue weighted by atomic mass is 19.4. The first kappa shape index (κ1) is 14.8. The summed E-state index contributed by atoms with van der Waals surface area (Å²) in [6.07, 6.45) is -2.66. The number of nitrogens with one attached hydrogen (secondary N) is 2. The van der Waals surface area contributed by atoms with Crippen LogP contribution in [0.3, 0.4) is 0 Å². The average molecular weight is 313 g/mol. The Bertz CT molecular complexity index is 690. The number of aromatic nitrogens is 2. The number of rotatable bonds is 3. The van der Waals surface area contributed by atoms with Gasteiger partial charge < -0.3 is 15.0 Å². The van der Waals surface area contributed by atoms with Gasteiger partial charge in [0, 0.05) is 18.7 Å². The Balaban J connectivity index is 1.74. The minimum absolute atomic E-state index is 0.0108. The van der Waals surface area contributed by atoms with Gasteiger partial charge in [-0.3, -0.25) is 4.79 Å². The van der Waals surface area contributed by atoms with Crippen LogP contribution in [0, 0.1) is 0 Å². The minimum atomic E-state index is -4.54. The molecule has 0 saturated carbocycles. The fourth-order valence-electron chi connectivity index (χ4n) is 2.40. The molecule has 1 aromatic carbocycles. The molecule has 1 fully saturated rings. The first-order valence-corrected chi connectivity index (χ1v) is 6.90. The maximum Gasteiger partial charge on any atom is 0.449 e. The molecule has 22 heavy (non-hydrogen) atoms. The van der Waals surface area contributed by atoms with Crippen LogP contribution in [0.1, 0.15) is 29.0 Å². The lowest BCUT2D eigenvalue weighted by molar-refractivity contribution is -0.144. The van der Waals surface area contributed by atoms with Crippen molar-refractivity contribution < 1.29 is 22.7 Å². The van der Waals surface area contributed by atoms with E-state index >= 15 is 0 Å². The second-order valence-electron chi connectivity index (χ2n) is 5.16. The zero-order valence-electron chi connectivity index (χ0n) is 11.5. The van der Waals surface area contributed by atoms with Crippen LogP contribution in [0.25, 0.3) is 11.0 Å². The van der Waals surface area contributed by atoms with Crippen molar-refractivity contribution in [3.05, 3.63) is 29.6 Å². The van der Waals surface area contributed by atoms with Crippen molar-refractivity contribution in [3.8, 4) is 0 Å². The molecule has 5 nitrogen and oxygen atoms in total. The number of nitrogens with zero attached hydrogens (tertiary/aromatic N) is 1. The highest BCUT2D eigenvalue weighted by Gasteiger charge is 2.34. The predicted octanol–water partition coefficient (Wildman–Crippen LogP) is 2.49. The van der Waals surface area contributed by atoms with E-state index in [-0.39, 0.29) is 28.6 Å². The van der Waals surface area contributed by atoms with E-state index in [2.05, 4.69) is 15.3 Å². The molecule has 1 atom stereocenters. The molecule has 0 radical (unpaired) electrons. The molecule has 2 N–H and O–H groups in total. The van der Waals surface area contributed by atoms with Gasteiger partial charge >= 0.3 is 6.18 Å². The van der Waals surface area contributed by atoms with Crippen LogP contribution < -0.4 is 5.32 Å². The minimum Gasteiger partial charge on any atom is -0.376 e. The topological polar surface area (TPSA) is 67.0 Å². The molecular weight excluding hydrogens is 299 g/mol. The molecule has 3 rings (SSSR count). The van der Waals surface area contributed by atoms with E-state index in [1.807, 2.05) is 0 Å². The van der Waals surface area contributed by atoms with E-state index in [0.717, 1.165) is 12.8 Å². The molecule has 0 spiro atoms. The SMILES string of the molecule is O=C(NC[C@H]1CCCO1)c1ccc2nc(C(F)(F)F)[nH]c2c1. The number of carbonyl (C=O) groups excluding carboxylic acids is 1. The van der Waals surface area contributed by atoms with Gasteiger partial charge in [-0.1, -0.05) is 0 Å². The third-order valence-electron chi connectivity index (χ3n) is 3.53. The third kappa shape index (κ3) is 3.06. The summed E-state index contributed by atoms with van der Waals surface area (Å²) >= 11 is 0. The fraction of sp³-hybridized carbons (Fsp3) is 0.429. The Labute approximate surface area is 123 Å². The molecule has 1 amide bonds. The Morgan fingerprint density at radius 1 is 1.45 bits per heavy atom. The van der Waals surface area contributed by atoms with E-state index in [1.165, 1.54) is 18.2 Å². The molecule has 8 heteroatoms. The van der Waals surface area contributed by atoms with Crippen LogP contribution in [-0.2, 0) is 10.9 Å². The van der Waals surface area contributed by atoms with E-state index in [4.69, 9.17) is 4.74 Å². The number of carbonyl (C=O) groups is 1. The van der Waals surface area contributed by atoms with E-state index < -0.39 is 12.0 Å². The monoisotopic (exact) mass is 313 g/mol. The number of ether oxygens (including phenoxy) is 1. The summed E-state index contributed by atoms with van der Waals surface area (Å²) in [6.45, 7) is 1.09. The Morgan fingerprint density at radius 3 is 2.95 bits per heavy atom. The second-order valence-corrected chi connectivity index (χ2v) is 5.16. The number of benzene rings is 1. The molecule has 1 aliphatic rings. The Kier molecular flexibility index (Phi) is 3.78. The highest BCUT2D eigenvalue weighted by molar-refractivity contribution is 5.97. The van der Waals surface area contributed by atoms with Crippen LogP contribution in [0.4, 0.5) is 13.2 Å². The first-order valence-electron chi connectivity index (χ1n) is 6.90. The van der Waals surface area contributed by atoms with Crippen molar-refractivity contribution in [1.29, 1.82) is 0 Å². The van der Waals surface area contributed by atoms with Gasteiger partial charge in [-0.2, -0.15) is 13.2 Å². The summed E-state index contributed by atoms with van der Waals surface area (Å²) in [4.78, 5) is 17.7. The smallest absolute Gasteiger partial charge is 0.376 e. The van der Waals surface area contributed by atoms with Crippen molar-refractivity contribution in [1.82, 2.24) is 15.3 Å². The molecule has 1 aromatic heterocycles. The number of imidazole rings is 1. The van der Waals surface area contributed by atoms with Gasteiger partial charge in [-0.05, 0) is 31.0 Å². The molecule has 0 unspecified atom stereocenters. The van der Waals surface area contributed by atoms with Crippen LogP contribution in [0.15, 0.2) is 18.2 Å². The molecule has 0 bridgehead atoms. The summed E-state index contributed by atoms with van der Waals surface area (Å²) in [5.74, 6) is -1.42. The molecular formula is C14H14F3N3O2. The van der Waals surface area contributed by atoms with Crippen LogP contribution in [-0.4, -0.2) is 35.1 Å². The number of hydrogen-bond acceptors (Lipinski definition) is 3. The van der Waals surface area contributed by atoms with Gasteiger partial charge in [0.2, 0.25) is 5.82 Å². The second kappa shape index (κ2) is 5.60. The Morgan fingerprint density at radius 2 is 2.27 bits per heavy atom. The maximum atomic E-state index is 12.6. The van der Waals surface area contributed by atoms with Gasteiger partial charge in [0.15, 0.2) is 0 Å². The Hall–Kier alpha value is -2.09. The number of alkyl halides is 3.